The van der Waals surface area contributed by atoms with Crippen LogP contribution < -0.4 is 10.9 Å². The molecule has 1 amide bonds. The summed E-state index contributed by atoms with van der Waals surface area (Å²) in [5.74, 6) is -0.463. The van der Waals surface area contributed by atoms with Crippen LogP contribution in [0.3, 0.4) is 0 Å². The first-order valence-electron chi connectivity index (χ1n) is 10.7. The third-order valence-electron chi connectivity index (χ3n) is 5.35. The Bertz CT molecular complexity index is 1510. The molecule has 3 heterocycles. The van der Waals surface area contributed by atoms with Crippen molar-refractivity contribution >= 4 is 22.2 Å². The SMILES string of the molecule is O=C(Cc1csc2nc(-c3ccc(F)cc3)cn12)NCCn1nc(-c2ccccc2)ccc1=O. The molecule has 34 heavy (non-hydrogen) atoms. The number of carbonyl (C=O) groups is 1. The van der Waals surface area contributed by atoms with Gasteiger partial charge in [-0.3, -0.25) is 14.0 Å². The van der Waals surface area contributed by atoms with Crippen LogP contribution in [0.2, 0.25) is 0 Å². The molecule has 0 atom stereocenters. The molecule has 0 saturated heterocycles. The van der Waals surface area contributed by atoms with E-state index in [1.165, 1.54) is 34.2 Å². The van der Waals surface area contributed by atoms with Crippen molar-refractivity contribution in [3.63, 3.8) is 0 Å². The Balaban J connectivity index is 1.22. The van der Waals surface area contributed by atoms with Crippen LogP contribution in [0.4, 0.5) is 4.39 Å². The average Bonchev–Trinajstić information content (AvgIpc) is 3.43. The molecule has 2 aromatic carbocycles. The summed E-state index contributed by atoms with van der Waals surface area (Å²) in [5.41, 5.74) is 3.73. The van der Waals surface area contributed by atoms with E-state index in [1.807, 2.05) is 46.3 Å². The number of halogens is 1. The first-order chi connectivity index (χ1) is 16.6. The van der Waals surface area contributed by atoms with E-state index in [0.29, 0.717) is 5.69 Å². The van der Waals surface area contributed by atoms with Crippen LogP contribution in [-0.4, -0.2) is 31.6 Å². The van der Waals surface area contributed by atoms with E-state index < -0.39 is 0 Å². The summed E-state index contributed by atoms with van der Waals surface area (Å²) in [4.78, 5) is 30.0. The molecule has 0 radical (unpaired) electrons. The number of nitrogens with one attached hydrogen (secondary N) is 1. The molecule has 0 fully saturated rings. The summed E-state index contributed by atoms with van der Waals surface area (Å²) >= 11 is 1.44. The highest BCUT2D eigenvalue weighted by atomic mass is 32.1. The second-order valence-electron chi connectivity index (χ2n) is 7.69. The van der Waals surface area contributed by atoms with Gasteiger partial charge in [0, 0.05) is 41.0 Å². The van der Waals surface area contributed by atoms with Gasteiger partial charge in [0.1, 0.15) is 5.82 Å². The van der Waals surface area contributed by atoms with Gasteiger partial charge in [0.05, 0.1) is 24.4 Å². The topological polar surface area (TPSA) is 81.3 Å². The number of imidazole rings is 1. The molecule has 5 aromatic rings. The Hall–Kier alpha value is -4.11. The minimum atomic E-state index is -0.300. The maximum atomic E-state index is 13.2. The van der Waals surface area contributed by atoms with E-state index in [4.69, 9.17) is 0 Å². The van der Waals surface area contributed by atoms with E-state index >= 15 is 0 Å². The molecule has 0 bridgehead atoms. The van der Waals surface area contributed by atoms with Gasteiger partial charge in [-0.05, 0) is 30.3 Å². The van der Waals surface area contributed by atoms with Crippen LogP contribution in [0.25, 0.3) is 27.5 Å². The second kappa shape index (κ2) is 9.40. The number of carbonyl (C=O) groups excluding carboxylic acids is 1. The van der Waals surface area contributed by atoms with Gasteiger partial charge in [0.2, 0.25) is 5.91 Å². The first kappa shape index (κ1) is 21.7. The van der Waals surface area contributed by atoms with E-state index in [2.05, 4.69) is 15.4 Å². The fourth-order valence-electron chi connectivity index (χ4n) is 3.62. The highest BCUT2D eigenvalue weighted by molar-refractivity contribution is 7.15. The maximum absolute atomic E-state index is 13.2. The molecule has 0 aliphatic rings. The molecular weight excluding hydrogens is 453 g/mol. The largest absolute Gasteiger partial charge is 0.354 e. The number of thiazole rings is 1. The first-order valence-corrected chi connectivity index (χ1v) is 11.6. The van der Waals surface area contributed by atoms with E-state index in [-0.39, 0.29) is 36.8 Å². The Morgan fingerprint density at radius 2 is 1.74 bits per heavy atom. The highest BCUT2D eigenvalue weighted by Gasteiger charge is 2.13. The van der Waals surface area contributed by atoms with Crippen molar-refractivity contribution in [2.75, 3.05) is 6.54 Å². The van der Waals surface area contributed by atoms with Crippen molar-refractivity contribution in [3.8, 4) is 22.5 Å². The fourth-order valence-corrected chi connectivity index (χ4v) is 4.49. The fraction of sp³-hybridized carbons (Fsp3) is 0.120. The number of hydrogen-bond donors (Lipinski definition) is 1. The van der Waals surface area contributed by atoms with Crippen LogP contribution in [0.15, 0.2) is 83.1 Å². The van der Waals surface area contributed by atoms with Crippen LogP contribution >= 0.6 is 11.3 Å². The van der Waals surface area contributed by atoms with Gasteiger partial charge < -0.3 is 5.32 Å². The summed E-state index contributed by atoms with van der Waals surface area (Å²) in [5, 5.41) is 9.16. The van der Waals surface area contributed by atoms with Crippen molar-refractivity contribution in [2.24, 2.45) is 0 Å². The van der Waals surface area contributed by atoms with E-state index in [1.54, 1.807) is 18.2 Å². The molecule has 0 unspecified atom stereocenters. The molecular formula is C25H20FN5O2S. The normalized spacial score (nSPS) is 11.1. The van der Waals surface area contributed by atoms with E-state index in [0.717, 1.165) is 27.5 Å². The Labute approximate surface area is 198 Å². The lowest BCUT2D eigenvalue weighted by atomic mass is 10.1. The number of hydrogen-bond acceptors (Lipinski definition) is 5. The van der Waals surface area contributed by atoms with Crippen molar-refractivity contribution in [3.05, 3.63) is 100 Å². The standard InChI is InChI=1S/C25H20FN5O2S/c26-19-8-6-18(7-9-19)22-15-30-20(16-34-25(30)28-22)14-23(32)27-12-13-31-24(33)11-10-21(29-31)17-4-2-1-3-5-17/h1-11,15-16H,12-14H2,(H,27,32). The minimum Gasteiger partial charge on any atom is -0.354 e. The van der Waals surface area contributed by atoms with Crippen LogP contribution in [-0.2, 0) is 17.8 Å². The number of rotatable bonds is 7. The number of amides is 1. The number of nitrogens with zero attached hydrogens (tertiary/aromatic N) is 4. The third-order valence-corrected chi connectivity index (χ3v) is 6.24. The van der Waals surface area contributed by atoms with Gasteiger partial charge in [-0.15, -0.1) is 11.3 Å². The van der Waals surface area contributed by atoms with Crippen LogP contribution in [0.1, 0.15) is 5.69 Å². The monoisotopic (exact) mass is 473 g/mol. The Morgan fingerprint density at radius 3 is 2.53 bits per heavy atom. The predicted molar refractivity (Wildman–Crippen MR) is 129 cm³/mol. The number of benzene rings is 2. The predicted octanol–water partition coefficient (Wildman–Crippen LogP) is 3.78. The molecule has 5 rings (SSSR count). The summed E-state index contributed by atoms with van der Waals surface area (Å²) in [6.45, 7) is 0.548. The summed E-state index contributed by atoms with van der Waals surface area (Å²) < 4.78 is 16.4. The summed E-state index contributed by atoms with van der Waals surface area (Å²) in [7, 11) is 0. The molecule has 9 heteroatoms. The lowest BCUT2D eigenvalue weighted by Crippen LogP contribution is -2.32. The van der Waals surface area contributed by atoms with Gasteiger partial charge in [0.25, 0.3) is 5.56 Å². The zero-order valence-corrected chi connectivity index (χ0v) is 18.8. The molecule has 1 N–H and O–H groups in total. The third kappa shape index (κ3) is 4.65. The molecule has 3 aromatic heterocycles. The lowest BCUT2D eigenvalue weighted by molar-refractivity contribution is -0.120. The number of fused-ring (bicyclic) bond motifs is 1. The zero-order chi connectivity index (χ0) is 23.5. The second-order valence-corrected chi connectivity index (χ2v) is 8.52. The molecule has 0 spiro atoms. The van der Waals surface area contributed by atoms with E-state index in [9.17, 15) is 14.0 Å². The van der Waals surface area contributed by atoms with Gasteiger partial charge in [-0.2, -0.15) is 5.10 Å². The smallest absolute Gasteiger partial charge is 0.266 e. The summed E-state index contributed by atoms with van der Waals surface area (Å²) in [6, 6.07) is 18.9. The molecule has 170 valence electrons. The van der Waals surface area contributed by atoms with Crippen molar-refractivity contribution in [2.45, 2.75) is 13.0 Å². The summed E-state index contributed by atoms with van der Waals surface area (Å²) in [6.07, 6.45) is 2.02. The highest BCUT2D eigenvalue weighted by Crippen LogP contribution is 2.24. The lowest BCUT2D eigenvalue weighted by Gasteiger charge is -2.08. The van der Waals surface area contributed by atoms with Crippen molar-refractivity contribution in [1.82, 2.24) is 24.5 Å². The molecule has 0 saturated carbocycles. The Kier molecular flexibility index (Phi) is 6.01. The minimum absolute atomic E-state index is 0.163. The Morgan fingerprint density at radius 1 is 0.971 bits per heavy atom. The van der Waals surface area contributed by atoms with Crippen molar-refractivity contribution in [1.29, 1.82) is 0 Å². The quantitative estimate of drug-likeness (QED) is 0.390. The molecule has 0 aliphatic carbocycles. The van der Waals surface area contributed by atoms with Crippen LogP contribution in [0.5, 0.6) is 0 Å². The zero-order valence-electron chi connectivity index (χ0n) is 18.0. The van der Waals surface area contributed by atoms with Crippen molar-refractivity contribution < 1.29 is 9.18 Å². The van der Waals surface area contributed by atoms with Gasteiger partial charge in [-0.25, -0.2) is 14.1 Å². The van der Waals surface area contributed by atoms with Crippen LogP contribution in [0, 0.1) is 5.82 Å². The molecule has 0 aliphatic heterocycles. The number of aromatic nitrogens is 4. The van der Waals surface area contributed by atoms with Gasteiger partial charge in [0.15, 0.2) is 4.96 Å². The molecule has 7 nitrogen and oxygen atoms in total. The maximum Gasteiger partial charge on any atom is 0.266 e. The van der Waals surface area contributed by atoms with Gasteiger partial charge >= 0.3 is 0 Å². The van der Waals surface area contributed by atoms with Gasteiger partial charge in [-0.1, -0.05) is 30.3 Å². The average molecular weight is 474 g/mol.